The second-order valence-electron chi connectivity index (χ2n) is 9.00. The number of amides is 1. The largest absolute Gasteiger partial charge is 0.385 e. The molecule has 2 aliphatic rings. The third-order valence-electron chi connectivity index (χ3n) is 6.97. The van der Waals surface area contributed by atoms with Gasteiger partial charge < -0.3 is 19.8 Å². The molecule has 1 amide bonds. The van der Waals surface area contributed by atoms with Crippen molar-refractivity contribution >= 4 is 17.2 Å². The molecule has 31 heavy (non-hydrogen) atoms. The van der Waals surface area contributed by atoms with Crippen molar-refractivity contribution in [2.24, 2.45) is 0 Å². The van der Waals surface area contributed by atoms with E-state index in [0.717, 1.165) is 66.0 Å². The van der Waals surface area contributed by atoms with Crippen molar-refractivity contribution < 1.29 is 9.53 Å². The Morgan fingerprint density at radius 1 is 1.26 bits per heavy atom. The standard InChI is InChI=1S/C25H30N4O2/c1-16-17(2)29-15-21(24(30)26-11-6-12-31-3)20-9-10-25(28-22(20)23(29)27-16)13-18-7-4-5-8-19(18)14-25/h4-5,7-8,15,28H,6,9-14H2,1-3H3,(H,26,30). The van der Waals surface area contributed by atoms with Gasteiger partial charge in [-0.3, -0.25) is 4.79 Å². The second kappa shape index (κ2) is 7.68. The summed E-state index contributed by atoms with van der Waals surface area (Å²) in [5, 5.41) is 6.96. The lowest BCUT2D eigenvalue weighted by Gasteiger charge is -2.37. The molecule has 0 unspecified atom stereocenters. The average molecular weight is 419 g/mol. The zero-order valence-corrected chi connectivity index (χ0v) is 18.5. The van der Waals surface area contributed by atoms with Crippen molar-refractivity contribution in [1.29, 1.82) is 0 Å². The Morgan fingerprint density at radius 3 is 2.71 bits per heavy atom. The summed E-state index contributed by atoms with van der Waals surface area (Å²) in [7, 11) is 1.68. The van der Waals surface area contributed by atoms with Gasteiger partial charge in [0.15, 0.2) is 5.65 Å². The fourth-order valence-corrected chi connectivity index (χ4v) is 5.19. The number of anilines is 1. The lowest BCUT2D eigenvalue weighted by molar-refractivity contribution is 0.0947. The van der Waals surface area contributed by atoms with Gasteiger partial charge >= 0.3 is 0 Å². The van der Waals surface area contributed by atoms with Gasteiger partial charge in [-0.15, -0.1) is 0 Å². The van der Waals surface area contributed by atoms with Gasteiger partial charge in [-0.25, -0.2) is 4.98 Å². The molecule has 6 nitrogen and oxygen atoms in total. The van der Waals surface area contributed by atoms with Gasteiger partial charge in [-0.2, -0.15) is 0 Å². The summed E-state index contributed by atoms with van der Waals surface area (Å²) in [4.78, 5) is 18.0. The molecule has 6 heteroatoms. The van der Waals surface area contributed by atoms with E-state index in [4.69, 9.17) is 9.72 Å². The first-order chi connectivity index (χ1) is 15.0. The number of carbonyl (C=O) groups is 1. The van der Waals surface area contributed by atoms with Crippen molar-refractivity contribution in [3.63, 3.8) is 0 Å². The van der Waals surface area contributed by atoms with Gasteiger partial charge in [-0.1, -0.05) is 24.3 Å². The number of aryl methyl sites for hydroxylation is 2. The summed E-state index contributed by atoms with van der Waals surface area (Å²) in [6.07, 6.45) is 6.68. The summed E-state index contributed by atoms with van der Waals surface area (Å²) >= 11 is 0. The predicted molar refractivity (Wildman–Crippen MR) is 122 cm³/mol. The van der Waals surface area contributed by atoms with Crippen LogP contribution in [-0.4, -0.2) is 41.1 Å². The minimum atomic E-state index is -0.0209. The first kappa shape index (κ1) is 20.1. The molecule has 1 aliphatic carbocycles. The SMILES string of the molecule is COCCCNC(=O)c1cn2c(C)c(C)nc2c2c1CCC1(Cc3ccccc3C1)N2. The number of nitrogens with zero attached hydrogens (tertiary/aromatic N) is 2. The summed E-state index contributed by atoms with van der Waals surface area (Å²) in [5.74, 6) is -0.0209. The van der Waals surface area contributed by atoms with Gasteiger partial charge in [0.25, 0.3) is 5.91 Å². The minimum absolute atomic E-state index is 0.00149. The second-order valence-corrected chi connectivity index (χ2v) is 9.00. The molecule has 0 saturated heterocycles. The number of pyridine rings is 1. The van der Waals surface area contributed by atoms with E-state index >= 15 is 0 Å². The first-order valence-electron chi connectivity index (χ1n) is 11.1. The lowest BCUT2D eigenvalue weighted by atomic mass is 9.82. The molecule has 0 fully saturated rings. The van der Waals surface area contributed by atoms with Crippen LogP contribution < -0.4 is 10.6 Å². The molecule has 0 atom stereocenters. The van der Waals surface area contributed by atoms with E-state index in [1.54, 1.807) is 7.11 Å². The molecule has 0 radical (unpaired) electrons. The van der Waals surface area contributed by atoms with Gasteiger partial charge in [0, 0.05) is 37.7 Å². The molecule has 0 saturated carbocycles. The number of carbonyl (C=O) groups excluding carboxylic acids is 1. The molecule has 1 spiro atoms. The quantitative estimate of drug-likeness (QED) is 0.621. The number of rotatable bonds is 5. The van der Waals surface area contributed by atoms with E-state index in [9.17, 15) is 4.79 Å². The Hall–Kier alpha value is -2.86. The van der Waals surface area contributed by atoms with Gasteiger partial charge in [0.05, 0.1) is 16.9 Å². The normalized spacial score (nSPS) is 16.2. The Bertz CT molecular complexity index is 1140. The Kier molecular flexibility index (Phi) is 4.97. The third-order valence-corrected chi connectivity index (χ3v) is 6.97. The maximum atomic E-state index is 13.1. The van der Waals surface area contributed by atoms with E-state index < -0.39 is 0 Å². The maximum Gasteiger partial charge on any atom is 0.253 e. The van der Waals surface area contributed by atoms with Crippen molar-refractivity contribution in [3.8, 4) is 0 Å². The van der Waals surface area contributed by atoms with Crippen molar-refractivity contribution in [2.45, 2.75) is 51.5 Å². The van der Waals surface area contributed by atoms with Gasteiger partial charge in [0.1, 0.15) is 0 Å². The van der Waals surface area contributed by atoms with Crippen LogP contribution in [0.25, 0.3) is 5.65 Å². The van der Waals surface area contributed by atoms with Crippen LogP contribution in [0.15, 0.2) is 30.5 Å². The molecule has 1 aliphatic heterocycles. The number of hydrogen-bond acceptors (Lipinski definition) is 4. The molecule has 3 aromatic rings. The lowest BCUT2D eigenvalue weighted by Crippen LogP contribution is -2.43. The number of nitrogens with one attached hydrogen (secondary N) is 2. The third kappa shape index (κ3) is 3.39. The molecular formula is C25H30N4O2. The smallest absolute Gasteiger partial charge is 0.253 e. The molecule has 0 bridgehead atoms. The van der Waals surface area contributed by atoms with Crippen molar-refractivity contribution in [2.75, 3.05) is 25.6 Å². The predicted octanol–water partition coefficient (Wildman–Crippen LogP) is 3.61. The van der Waals surface area contributed by atoms with Crippen LogP contribution in [-0.2, 0) is 24.0 Å². The minimum Gasteiger partial charge on any atom is -0.385 e. The molecule has 3 heterocycles. The monoisotopic (exact) mass is 418 g/mol. The van der Waals surface area contributed by atoms with Crippen LogP contribution in [0.1, 0.15) is 51.3 Å². The van der Waals surface area contributed by atoms with E-state index in [0.29, 0.717) is 13.2 Å². The Labute approximate surface area is 183 Å². The van der Waals surface area contributed by atoms with Crippen LogP contribution in [0.5, 0.6) is 0 Å². The summed E-state index contributed by atoms with van der Waals surface area (Å²) < 4.78 is 7.18. The van der Waals surface area contributed by atoms with E-state index in [1.165, 1.54) is 11.1 Å². The number of imidazole rings is 1. The summed E-state index contributed by atoms with van der Waals surface area (Å²) in [5.41, 5.74) is 8.71. The maximum absolute atomic E-state index is 13.1. The molecule has 5 rings (SSSR count). The molecule has 162 valence electrons. The van der Waals surface area contributed by atoms with Gasteiger partial charge in [-0.05, 0) is 62.6 Å². The number of ether oxygens (including phenoxy) is 1. The van der Waals surface area contributed by atoms with Gasteiger partial charge in [0.2, 0.25) is 0 Å². The highest BCUT2D eigenvalue weighted by molar-refractivity contribution is 5.99. The van der Waals surface area contributed by atoms with Crippen molar-refractivity contribution in [1.82, 2.24) is 14.7 Å². The average Bonchev–Trinajstić information content (AvgIpc) is 3.27. The number of hydrogen-bond donors (Lipinski definition) is 2. The summed E-state index contributed by atoms with van der Waals surface area (Å²) in [6.45, 7) is 5.34. The Balaban J connectivity index is 1.54. The van der Waals surface area contributed by atoms with E-state index in [-0.39, 0.29) is 11.4 Å². The first-order valence-corrected chi connectivity index (χ1v) is 11.1. The molecular weight excluding hydrogens is 388 g/mol. The van der Waals surface area contributed by atoms with Crippen LogP contribution in [0.3, 0.4) is 0 Å². The number of methoxy groups -OCH3 is 1. The van der Waals surface area contributed by atoms with Crippen LogP contribution in [0, 0.1) is 13.8 Å². The molecule has 2 aromatic heterocycles. The number of aromatic nitrogens is 2. The number of benzene rings is 1. The Morgan fingerprint density at radius 2 is 2.00 bits per heavy atom. The number of fused-ring (bicyclic) bond motifs is 4. The fraction of sp³-hybridized carbons (Fsp3) is 0.440. The van der Waals surface area contributed by atoms with E-state index in [1.807, 2.05) is 13.1 Å². The topological polar surface area (TPSA) is 67.7 Å². The molecule has 1 aromatic carbocycles. The fourth-order valence-electron chi connectivity index (χ4n) is 5.19. The highest BCUT2D eigenvalue weighted by Crippen LogP contribution is 2.43. The van der Waals surface area contributed by atoms with Crippen LogP contribution >= 0.6 is 0 Å². The van der Waals surface area contributed by atoms with E-state index in [2.05, 4.69) is 46.2 Å². The van der Waals surface area contributed by atoms with Crippen LogP contribution in [0.4, 0.5) is 5.69 Å². The highest BCUT2D eigenvalue weighted by atomic mass is 16.5. The van der Waals surface area contributed by atoms with Crippen LogP contribution in [0.2, 0.25) is 0 Å². The molecule has 2 N–H and O–H groups in total. The van der Waals surface area contributed by atoms with Crippen molar-refractivity contribution in [3.05, 3.63) is 64.1 Å². The summed E-state index contributed by atoms with van der Waals surface area (Å²) in [6, 6.07) is 8.73. The zero-order chi connectivity index (χ0) is 21.6. The zero-order valence-electron chi connectivity index (χ0n) is 18.5. The highest BCUT2D eigenvalue weighted by Gasteiger charge is 2.41.